The lowest BCUT2D eigenvalue weighted by Gasteiger charge is -2.28. The molecule has 22 heavy (non-hydrogen) atoms. The van der Waals surface area contributed by atoms with E-state index in [0.29, 0.717) is 6.04 Å². The molecule has 0 bridgehead atoms. The van der Waals surface area contributed by atoms with Crippen molar-refractivity contribution in [1.82, 2.24) is 9.55 Å². The summed E-state index contributed by atoms with van der Waals surface area (Å²) in [6.45, 7) is 4.57. The molecule has 1 aromatic carbocycles. The van der Waals surface area contributed by atoms with Crippen molar-refractivity contribution in [3.8, 4) is 11.4 Å². The molecule has 0 saturated heterocycles. The van der Waals surface area contributed by atoms with E-state index in [1.54, 1.807) is 0 Å². The van der Waals surface area contributed by atoms with Gasteiger partial charge in [-0.05, 0) is 39.0 Å². The van der Waals surface area contributed by atoms with Gasteiger partial charge in [0.15, 0.2) is 0 Å². The molecule has 1 atom stereocenters. The van der Waals surface area contributed by atoms with Crippen LogP contribution in [0.15, 0.2) is 30.3 Å². The summed E-state index contributed by atoms with van der Waals surface area (Å²) >= 11 is 5.61. The first-order chi connectivity index (χ1) is 10.7. The molecule has 116 valence electrons. The van der Waals surface area contributed by atoms with E-state index in [-0.39, 0.29) is 0 Å². The zero-order valence-electron chi connectivity index (χ0n) is 13.5. The molecule has 0 N–H and O–H groups in total. The van der Waals surface area contributed by atoms with Crippen LogP contribution in [0.25, 0.3) is 11.4 Å². The highest BCUT2D eigenvalue weighted by molar-refractivity contribution is 7.71. The highest BCUT2D eigenvalue weighted by Gasteiger charge is 2.21. The fraction of sp³-hybridized carbons (Fsp3) is 0.474. The summed E-state index contributed by atoms with van der Waals surface area (Å²) in [5.74, 6) is 1.05. The van der Waals surface area contributed by atoms with Gasteiger partial charge in [-0.25, -0.2) is 4.98 Å². The van der Waals surface area contributed by atoms with Crippen molar-refractivity contribution >= 4 is 12.2 Å². The summed E-state index contributed by atoms with van der Waals surface area (Å²) in [5.41, 5.74) is 3.93. The van der Waals surface area contributed by atoms with Crippen LogP contribution in [0.5, 0.6) is 0 Å². The van der Waals surface area contributed by atoms with E-state index in [2.05, 4.69) is 48.7 Å². The third kappa shape index (κ3) is 2.87. The molecule has 2 aromatic rings. The monoisotopic (exact) mass is 312 g/mol. The van der Waals surface area contributed by atoms with Crippen LogP contribution < -0.4 is 0 Å². The van der Waals surface area contributed by atoms with Gasteiger partial charge in [-0.15, -0.1) is 0 Å². The summed E-state index contributed by atoms with van der Waals surface area (Å²) in [7, 11) is 0. The largest absolute Gasteiger partial charge is 0.326 e. The third-order valence-electron chi connectivity index (χ3n) is 4.60. The lowest BCUT2D eigenvalue weighted by Crippen LogP contribution is -2.21. The van der Waals surface area contributed by atoms with Crippen LogP contribution in [-0.4, -0.2) is 9.55 Å². The van der Waals surface area contributed by atoms with Gasteiger partial charge in [0.1, 0.15) is 10.5 Å². The van der Waals surface area contributed by atoms with Crippen LogP contribution in [0.1, 0.15) is 56.8 Å². The van der Waals surface area contributed by atoms with Crippen LogP contribution in [0.4, 0.5) is 0 Å². The van der Waals surface area contributed by atoms with Crippen LogP contribution in [0, 0.1) is 4.64 Å². The maximum absolute atomic E-state index is 5.61. The summed E-state index contributed by atoms with van der Waals surface area (Å²) in [4.78, 5) is 4.84. The summed E-state index contributed by atoms with van der Waals surface area (Å²) in [6.07, 6.45) is 7.09. The number of aromatic nitrogens is 2. The molecule has 1 aliphatic carbocycles. The third-order valence-corrected chi connectivity index (χ3v) is 4.94. The standard InChI is InChI=1S/C19H24N2S/c1-3-9-14(2)21-17-13-8-7-12-16(17)19(22)20-18(21)15-10-5-4-6-11-15/h4-6,10-11,14H,3,7-9,12-13H2,1-2H3. The average Bonchev–Trinajstić information content (AvgIpc) is 2.56. The van der Waals surface area contributed by atoms with Gasteiger partial charge in [0.25, 0.3) is 0 Å². The Hall–Kier alpha value is -1.48. The molecule has 0 spiro atoms. The van der Waals surface area contributed by atoms with E-state index in [0.717, 1.165) is 23.3 Å². The number of fused-ring (bicyclic) bond motifs is 1. The molecule has 0 radical (unpaired) electrons. The number of nitrogens with zero attached hydrogens (tertiary/aromatic N) is 2. The predicted octanol–water partition coefficient (Wildman–Crippen LogP) is 5.52. The van der Waals surface area contributed by atoms with Gasteiger partial charge < -0.3 is 4.57 Å². The fourth-order valence-corrected chi connectivity index (χ4v) is 3.85. The zero-order valence-corrected chi connectivity index (χ0v) is 14.3. The van der Waals surface area contributed by atoms with Crippen LogP contribution in [0.2, 0.25) is 0 Å². The Morgan fingerprint density at radius 3 is 2.64 bits per heavy atom. The SMILES string of the molecule is CCCC(C)n1c(-c2ccccc2)nc(=S)c2c1CCCC2. The molecule has 1 aliphatic rings. The minimum absolute atomic E-state index is 0.468. The highest BCUT2D eigenvalue weighted by Crippen LogP contribution is 2.31. The summed E-state index contributed by atoms with van der Waals surface area (Å²) < 4.78 is 3.29. The Kier molecular flexibility index (Phi) is 4.72. The molecule has 1 heterocycles. The molecule has 3 heteroatoms. The highest BCUT2D eigenvalue weighted by atomic mass is 32.1. The molecular weight excluding hydrogens is 288 g/mol. The first kappa shape index (κ1) is 15.4. The van der Waals surface area contributed by atoms with Crippen LogP contribution in [0.3, 0.4) is 0 Å². The number of benzene rings is 1. The first-order valence-electron chi connectivity index (χ1n) is 8.42. The Labute approximate surface area is 138 Å². The van der Waals surface area contributed by atoms with E-state index < -0.39 is 0 Å². The average molecular weight is 312 g/mol. The van der Waals surface area contributed by atoms with Crippen molar-refractivity contribution in [3.05, 3.63) is 46.2 Å². The zero-order chi connectivity index (χ0) is 15.5. The van der Waals surface area contributed by atoms with E-state index in [9.17, 15) is 0 Å². The molecule has 0 fully saturated rings. The minimum atomic E-state index is 0.468. The fourth-order valence-electron chi connectivity index (χ4n) is 3.54. The van der Waals surface area contributed by atoms with Gasteiger partial charge in [-0.2, -0.15) is 0 Å². The number of rotatable bonds is 4. The molecule has 1 aromatic heterocycles. The van der Waals surface area contributed by atoms with E-state index in [1.807, 2.05) is 0 Å². The predicted molar refractivity (Wildman–Crippen MR) is 94.8 cm³/mol. The van der Waals surface area contributed by atoms with Crippen LogP contribution >= 0.6 is 12.2 Å². The minimum Gasteiger partial charge on any atom is -0.326 e. The van der Waals surface area contributed by atoms with Crippen molar-refractivity contribution in [3.63, 3.8) is 0 Å². The smallest absolute Gasteiger partial charge is 0.142 e. The maximum atomic E-state index is 5.61. The van der Waals surface area contributed by atoms with Gasteiger partial charge in [0.2, 0.25) is 0 Å². The van der Waals surface area contributed by atoms with Gasteiger partial charge in [-0.1, -0.05) is 55.9 Å². The summed E-state index contributed by atoms with van der Waals surface area (Å²) in [5, 5.41) is 0. The Bertz CT molecular complexity index is 703. The summed E-state index contributed by atoms with van der Waals surface area (Å²) in [6, 6.07) is 11.0. The Morgan fingerprint density at radius 1 is 1.18 bits per heavy atom. The van der Waals surface area contributed by atoms with Crippen LogP contribution in [-0.2, 0) is 12.8 Å². The lowest BCUT2D eigenvalue weighted by atomic mass is 9.95. The lowest BCUT2D eigenvalue weighted by molar-refractivity contribution is 0.464. The van der Waals surface area contributed by atoms with Gasteiger partial charge in [0, 0.05) is 22.9 Å². The molecule has 1 unspecified atom stereocenters. The van der Waals surface area contributed by atoms with E-state index in [1.165, 1.54) is 42.5 Å². The van der Waals surface area contributed by atoms with Gasteiger partial charge in [-0.3, -0.25) is 0 Å². The van der Waals surface area contributed by atoms with E-state index in [4.69, 9.17) is 17.2 Å². The van der Waals surface area contributed by atoms with Crippen molar-refractivity contribution < 1.29 is 0 Å². The van der Waals surface area contributed by atoms with Crippen molar-refractivity contribution in [2.45, 2.75) is 58.4 Å². The maximum Gasteiger partial charge on any atom is 0.142 e. The molecule has 0 aliphatic heterocycles. The molecule has 0 saturated carbocycles. The second-order valence-electron chi connectivity index (χ2n) is 6.25. The quantitative estimate of drug-likeness (QED) is 0.692. The molecule has 0 amide bonds. The van der Waals surface area contributed by atoms with Gasteiger partial charge >= 0.3 is 0 Å². The van der Waals surface area contributed by atoms with Crippen molar-refractivity contribution in [2.75, 3.05) is 0 Å². The number of hydrogen-bond acceptors (Lipinski definition) is 2. The van der Waals surface area contributed by atoms with Crippen molar-refractivity contribution in [2.24, 2.45) is 0 Å². The first-order valence-corrected chi connectivity index (χ1v) is 8.83. The Morgan fingerprint density at radius 2 is 1.91 bits per heavy atom. The molecular formula is C19H24N2S. The number of hydrogen-bond donors (Lipinski definition) is 0. The van der Waals surface area contributed by atoms with Gasteiger partial charge in [0.05, 0.1) is 0 Å². The topological polar surface area (TPSA) is 17.8 Å². The normalized spacial score (nSPS) is 15.4. The Balaban J connectivity index is 2.24. The van der Waals surface area contributed by atoms with E-state index >= 15 is 0 Å². The molecule has 3 rings (SSSR count). The van der Waals surface area contributed by atoms with Crippen molar-refractivity contribution in [1.29, 1.82) is 0 Å². The molecule has 2 nitrogen and oxygen atoms in total. The second-order valence-corrected chi connectivity index (χ2v) is 6.63. The second kappa shape index (κ2) is 6.74.